The van der Waals surface area contributed by atoms with Crippen molar-refractivity contribution in [1.82, 2.24) is 19.6 Å². The van der Waals surface area contributed by atoms with Crippen LogP contribution in [0.1, 0.15) is 51.8 Å². The van der Waals surface area contributed by atoms with Crippen molar-refractivity contribution in [3.05, 3.63) is 56.8 Å². The fourth-order valence-corrected chi connectivity index (χ4v) is 4.01. The van der Waals surface area contributed by atoms with Crippen molar-refractivity contribution < 1.29 is 22.5 Å². The van der Waals surface area contributed by atoms with E-state index in [4.69, 9.17) is 4.52 Å². The van der Waals surface area contributed by atoms with E-state index in [1.165, 1.54) is 22.5 Å². The minimum Gasteiger partial charge on any atom is -0.338 e. The standard InChI is InChI=1S/C21H21F3N4O3/c1-11-6-7-14(19(29)27(11)3)20(30)28-8-4-5-13(10-28)16-9-15(21(22,23)24)17-12(2)26-31-18(17)25-16/h6-7,9,13H,4-5,8,10H2,1-3H3/t13-/m0/s1. The van der Waals surface area contributed by atoms with Gasteiger partial charge in [-0.05, 0) is 44.9 Å². The number of piperidine rings is 1. The van der Waals surface area contributed by atoms with Gasteiger partial charge in [0.05, 0.1) is 22.3 Å². The Hall–Kier alpha value is -3.17. The van der Waals surface area contributed by atoms with Crippen LogP contribution in [0.25, 0.3) is 11.1 Å². The molecule has 1 amide bonds. The summed E-state index contributed by atoms with van der Waals surface area (Å²) >= 11 is 0. The third kappa shape index (κ3) is 3.70. The Balaban J connectivity index is 1.68. The maximum Gasteiger partial charge on any atom is 0.417 e. The molecule has 0 saturated carbocycles. The number of pyridine rings is 2. The summed E-state index contributed by atoms with van der Waals surface area (Å²) in [5.41, 5.74) is -0.331. The average molecular weight is 434 g/mol. The molecular formula is C21H21F3N4O3. The molecule has 164 valence electrons. The number of amides is 1. The van der Waals surface area contributed by atoms with Gasteiger partial charge in [-0.25, -0.2) is 4.98 Å². The molecule has 1 atom stereocenters. The Morgan fingerprint density at radius 2 is 2.00 bits per heavy atom. The Morgan fingerprint density at radius 1 is 1.26 bits per heavy atom. The fourth-order valence-electron chi connectivity index (χ4n) is 4.01. The molecule has 0 unspecified atom stereocenters. The summed E-state index contributed by atoms with van der Waals surface area (Å²) in [5, 5.41) is 3.48. The van der Waals surface area contributed by atoms with Crippen LogP contribution in [-0.2, 0) is 13.2 Å². The van der Waals surface area contributed by atoms with Gasteiger partial charge in [0.1, 0.15) is 5.56 Å². The maximum atomic E-state index is 13.7. The first-order chi connectivity index (χ1) is 14.6. The number of hydrogen-bond donors (Lipinski definition) is 0. The summed E-state index contributed by atoms with van der Waals surface area (Å²) in [7, 11) is 1.59. The second-order valence-electron chi connectivity index (χ2n) is 7.88. The second kappa shape index (κ2) is 7.51. The average Bonchev–Trinajstić information content (AvgIpc) is 3.11. The van der Waals surface area contributed by atoms with Crippen molar-refractivity contribution in [2.45, 2.75) is 38.8 Å². The Morgan fingerprint density at radius 3 is 2.71 bits per heavy atom. The van der Waals surface area contributed by atoms with Crippen LogP contribution < -0.4 is 5.56 Å². The van der Waals surface area contributed by atoms with Gasteiger partial charge in [-0.15, -0.1) is 0 Å². The number of nitrogens with zero attached hydrogens (tertiary/aromatic N) is 4. The summed E-state index contributed by atoms with van der Waals surface area (Å²) in [6.07, 6.45) is -3.44. The first-order valence-corrected chi connectivity index (χ1v) is 9.88. The molecule has 1 saturated heterocycles. The summed E-state index contributed by atoms with van der Waals surface area (Å²) in [6, 6.07) is 4.20. The highest BCUT2D eigenvalue weighted by atomic mass is 19.4. The van der Waals surface area contributed by atoms with E-state index in [2.05, 4.69) is 10.1 Å². The smallest absolute Gasteiger partial charge is 0.338 e. The molecule has 10 heteroatoms. The lowest BCUT2D eigenvalue weighted by Gasteiger charge is -2.32. The van der Waals surface area contributed by atoms with E-state index in [9.17, 15) is 22.8 Å². The number of aromatic nitrogens is 3. The Bertz CT molecular complexity index is 1230. The summed E-state index contributed by atoms with van der Waals surface area (Å²) in [6.45, 7) is 3.78. The van der Waals surface area contributed by atoms with Gasteiger partial charge < -0.3 is 14.0 Å². The number of rotatable bonds is 2. The van der Waals surface area contributed by atoms with Crippen molar-refractivity contribution in [2.75, 3.05) is 13.1 Å². The van der Waals surface area contributed by atoms with E-state index in [1.807, 2.05) is 0 Å². The molecule has 1 fully saturated rings. The Kier molecular flexibility index (Phi) is 5.10. The predicted octanol–water partition coefficient (Wildman–Crippen LogP) is 3.58. The normalized spacial score (nSPS) is 17.4. The molecule has 4 rings (SSSR count). The number of carbonyl (C=O) groups excluding carboxylic acids is 1. The van der Waals surface area contributed by atoms with Gasteiger partial charge in [-0.3, -0.25) is 9.59 Å². The molecule has 31 heavy (non-hydrogen) atoms. The number of carbonyl (C=O) groups is 1. The lowest BCUT2D eigenvalue weighted by Crippen LogP contribution is -2.42. The molecule has 0 aromatic carbocycles. The summed E-state index contributed by atoms with van der Waals surface area (Å²) in [5.74, 6) is -0.846. The van der Waals surface area contributed by atoms with Crippen LogP contribution in [0.4, 0.5) is 13.2 Å². The molecule has 1 aliphatic heterocycles. The minimum absolute atomic E-state index is 0.0407. The number of hydrogen-bond acceptors (Lipinski definition) is 5. The minimum atomic E-state index is -4.59. The lowest BCUT2D eigenvalue weighted by atomic mass is 9.92. The van der Waals surface area contributed by atoms with Gasteiger partial charge >= 0.3 is 6.18 Å². The molecule has 3 aromatic rings. The summed E-state index contributed by atoms with van der Waals surface area (Å²) in [4.78, 5) is 31.2. The van der Waals surface area contributed by atoms with Crippen LogP contribution >= 0.6 is 0 Å². The third-order valence-corrected chi connectivity index (χ3v) is 5.85. The van der Waals surface area contributed by atoms with Crippen LogP contribution in [-0.4, -0.2) is 38.6 Å². The molecule has 0 aliphatic carbocycles. The van der Waals surface area contributed by atoms with Crippen molar-refractivity contribution in [1.29, 1.82) is 0 Å². The first kappa shape index (κ1) is 21.1. The van der Waals surface area contributed by atoms with Gasteiger partial charge in [0.2, 0.25) is 0 Å². The molecule has 4 heterocycles. The topological polar surface area (TPSA) is 81.2 Å². The van der Waals surface area contributed by atoms with E-state index in [1.54, 1.807) is 20.0 Å². The predicted molar refractivity (Wildman–Crippen MR) is 106 cm³/mol. The first-order valence-electron chi connectivity index (χ1n) is 9.88. The van der Waals surface area contributed by atoms with Gasteiger partial charge in [-0.2, -0.15) is 13.2 Å². The molecule has 3 aromatic heterocycles. The molecule has 0 bridgehead atoms. The zero-order valence-corrected chi connectivity index (χ0v) is 17.3. The third-order valence-electron chi connectivity index (χ3n) is 5.85. The van der Waals surface area contributed by atoms with Crippen molar-refractivity contribution in [2.24, 2.45) is 7.05 Å². The number of fused-ring (bicyclic) bond motifs is 1. The van der Waals surface area contributed by atoms with Crippen LogP contribution in [0.15, 0.2) is 27.5 Å². The van der Waals surface area contributed by atoms with Crippen LogP contribution in [0.5, 0.6) is 0 Å². The molecule has 0 N–H and O–H groups in total. The highest BCUT2D eigenvalue weighted by Crippen LogP contribution is 2.38. The van der Waals surface area contributed by atoms with E-state index in [0.717, 1.165) is 11.8 Å². The molecule has 7 nitrogen and oxygen atoms in total. The second-order valence-corrected chi connectivity index (χ2v) is 7.88. The highest BCUT2D eigenvalue weighted by Gasteiger charge is 2.37. The zero-order valence-electron chi connectivity index (χ0n) is 17.3. The summed E-state index contributed by atoms with van der Waals surface area (Å²) < 4.78 is 47.4. The monoisotopic (exact) mass is 434 g/mol. The Labute approximate surface area is 175 Å². The van der Waals surface area contributed by atoms with Crippen LogP contribution in [0.2, 0.25) is 0 Å². The van der Waals surface area contributed by atoms with E-state index in [-0.39, 0.29) is 34.6 Å². The quantitative estimate of drug-likeness (QED) is 0.616. The molecule has 1 aliphatic rings. The van der Waals surface area contributed by atoms with Gasteiger partial charge in [0.25, 0.3) is 17.2 Å². The van der Waals surface area contributed by atoms with Gasteiger partial charge in [-0.1, -0.05) is 5.16 Å². The number of alkyl halides is 3. The molecular weight excluding hydrogens is 413 g/mol. The number of halogens is 3. The molecule has 0 radical (unpaired) electrons. The highest BCUT2D eigenvalue weighted by molar-refractivity contribution is 5.94. The van der Waals surface area contributed by atoms with E-state index in [0.29, 0.717) is 19.4 Å². The van der Waals surface area contributed by atoms with E-state index < -0.39 is 29.1 Å². The largest absolute Gasteiger partial charge is 0.417 e. The SMILES string of the molecule is Cc1noc2nc([C@H]3CCCN(C(=O)c4ccc(C)n(C)c4=O)C3)cc(C(F)(F)F)c12. The number of likely N-dealkylation sites (tertiary alicyclic amines) is 1. The fraction of sp³-hybridized carbons (Fsp3) is 0.429. The lowest BCUT2D eigenvalue weighted by molar-refractivity contribution is -0.136. The van der Waals surface area contributed by atoms with Gasteiger partial charge in [0, 0.05) is 31.7 Å². The van der Waals surface area contributed by atoms with Crippen molar-refractivity contribution in [3.8, 4) is 0 Å². The van der Waals surface area contributed by atoms with Crippen LogP contribution in [0, 0.1) is 13.8 Å². The van der Waals surface area contributed by atoms with Crippen LogP contribution in [0.3, 0.4) is 0 Å². The van der Waals surface area contributed by atoms with Crippen molar-refractivity contribution in [3.63, 3.8) is 0 Å². The zero-order chi connectivity index (χ0) is 22.5. The van der Waals surface area contributed by atoms with Crippen molar-refractivity contribution >= 4 is 17.0 Å². The molecule has 0 spiro atoms. The maximum absolute atomic E-state index is 13.7. The number of aryl methyl sites for hydroxylation is 2. The van der Waals surface area contributed by atoms with Gasteiger partial charge in [0.15, 0.2) is 0 Å². The van der Waals surface area contributed by atoms with E-state index >= 15 is 0 Å².